The predicted octanol–water partition coefficient (Wildman–Crippen LogP) is 2.66. The van der Waals surface area contributed by atoms with E-state index < -0.39 is 0 Å². The quantitative estimate of drug-likeness (QED) is 0.908. The maximum atomic E-state index is 12.8. The molecule has 5 aliphatic rings. The molecular weight excluding hydrogens is 328 g/mol. The number of anilines is 1. The van der Waals surface area contributed by atoms with Gasteiger partial charge in [0.15, 0.2) is 6.61 Å². The molecule has 0 aromatic heterocycles. The molecule has 4 bridgehead atoms. The van der Waals surface area contributed by atoms with Gasteiger partial charge < -0.3 is 10.1 Å². The highest BCUT2D eigenvalue weighted by atomic mass is 16.5. The summed E-state index contributed by atoms with van der Waals surface area (Å²) < 4.78 is 5.51. The highest BCUT2D eigenvalue weighted by molar-refractivity contribution is 6.02. The van der Waals surface area contributed by atoms with Crippen LogP contribution in [0.25, 0.3) is 0 Å². The zero-order valence-corrected chi connectivity index (χ0v) is 15.2. The lowest BCUT2D eigenvalue weighted by molar-refractivity contribution is -0.127. The van der Waals surface area contributed by atoms with E-state index in [-0.39, 0.29) is 25.0 Å². The number of ether oxygens (including phenoxy) is 1. The number of fused-ring (bicyclic) bond motifs is 1. The summed E-state index contributed by atoms with van der Waals surface area (Å²) in [6.07, 6.45) is 6.51. The number of benzene rings is 1. The third kappa shape index (κ3) is 2.68. The molecule has 5 heteroatoms. The van der Waals surface area contributed by atoms with E-state index in [1.807, 2.05) is 25.1 Å². The molecule has 1 heterocycles. The number of carbonyl (C=O) groups is 2. The number of amides is 2. The maximum Gasteiger partial charge on any atom is 0.265 e. The first-order valence-corrected chi connectivity index (χ1v) is 9.90. The first kappa shape index (κ1) is 16.2. The van der Waals surface area contributed by atoms with E-state index >= 15 is 0 Å². The van der Waals surface area contributed by atoms with Crippen LogP contribution in [0, 0.1) is 30.6 Å². The van der Waals surface area contributed by atoms with Crippen molar-refractivity contribution >= 4 is 17.5 Å². The number of nitrogens with zero attached hydrogens (tertiary/aromatic N) is 1. The summed E-state index contributed by atoms with van der Waals surface area (Å²) in [5.74, 6) is 3.56. The molecule has 0 spiro atoms. The first-order valence-electron chi connectivity index (χ1n) is 9.90. The summed E-state index contributed by atoms with van der Waals surface area (Å²) in [6, 6.07) is 6.06. The minimum absolute atomic E-state index is 0.00137. The number of aryl methyl sites for hydroxylation is 1. The van der Waals surface area contributed by atoms with Crippen molar-refractivity contribution in [3.63, 3.8) is 0 Å². The first-order chi connectivity index (χ1) is 12.6. The Bertz CT molecular complexity index is 732. The Labute approximate surface area is 154 Å². The lowest BCUT2D eigenvalue weighted by atomic mass is 9.54. The molecule has 5 nitrogen and oxygen atoms in total. The number of rotatable bonds is 3. The summed E-state index contributed by atoms with van der Waals surface area (Å²) in [5, 5.41) is 3.30. The zero-order chi connectivity index (χ0) is 17.8. The van der Waals surface area contributed by atoms with E-state index in [9.17, 15) is 9.59 Å². The Morgan fingerprint density at radius 1 is 1.15 bits per heavy atom. The minimum Gasteiger partial charge on any atom is -0.482 e. The van der Waals surface area contributed by atoms with Gasteiger partial charge in [0.05, 0.1) is 5.69 Å². The molecule has 0 radical (unpaired) electrons. The van der Waals surface area contributed by atoms with Crippen molar-refractivity contribution in [2.75, 3.05) is 18.1 Å². The van der Waals surface area contributed by atoms with Crippen molar-refractivity contribution < 1.29 is 14.3 Å². The SMILES string of the molecule is Cc1ccc2c(c1)N(CC(=O)NC1C3CC4CC(C3)CC1C4)C(=O)CO2. The van der Waals surface area contributed by atoms with Gasteiger partial charge in [0.1, 0.15) is 12.3 Å². The van der Waals surface area contributed by atoms with Gasteiger partial charge in [-0.1, -0.05) is 6.07 Å². The van der Waals surface area contributed by atoms with Gasteiger partial charge in [0, 0.05) is 6.04 Å². The lowest BCUT2D eigenvalue weighted by Crippen LogP contribution is -2.57. The fourth-order valence-electron chi connectivity index (χ4n) is 6.02. The molecule has 0 atom stereocenters. The van der Waals surface area contributed by atoms with Crippen LogP contribution in [-0.2, 0) is 9.59 Å². The standard InChI is InChI=1S/C21H26N2O3/c1-12-2-3-18-17(4-12)23(20(25)11-26-18)10-19(24)22-21-15-6-13-5-14(8-15)9-16(21)7-13/h2-4,13-16,21H,5-11H2,1H3,(H,22,24). The Morgan fingerprint density at radius 3 is 2.54 bits per heavy atom. The number of hydrogen-bond acceptors (Lipinski definition) is 3. The van der Waals surface area contributed by atoms with Crippen LogP contribution in [0.15, 0.2) is 18.2 Å². The van der Waals surface area contributed by atoms with Gasteiger partial charge in [0.25, 0.3) is 5.91 Å². The number of hydrogen-bond donors (Lipinski definition) is 1. The van der Waals surface area contributed by atoms with E-state index in [2.05, 4.69) is 5.32 Å². The van der Waals surface area contributed by atoms with Gasteiger partial charge in [-0.15, -0.1) is 0 Å². The molecular formula is C21H26N2O3. The van der Waals surface area contributed by atoms with Crippen LogP contribution in [0.2, 0.25) is 0 Å². The third-order valence-electron chi connectivity index (χ3n) is 6.91. The van der Waals surface area contributed by atoms with Crippen molar-refractivity contribution in [2.24, 2.45) is 23.7 Å². The molecule has 0 unspecified atom stereocenters. The Balaban J connectivity index is 1.30. The van der Waals surface area contributed by atoms with Gasteiger partial charge >= 0.3 is 0 Å². The predicted molar refractivity (Wildman–Crippen MR) is 98.0 cm³/mol. The van der Waals surface area contributed by atoms with Crippen LogP contribution in [0.5, 0.6) is 5.75 Å². The summed E-state index contributed by atoms with van der Waals surface area (Å²) >= 11 is 0. The van der Waals surface area contributed by atoms with Crippen molar-refractivity contribution in [3.8, 4) is 5.75 Å². The van der Waals surface area contributed by atoms with Crippen LogP contribution >= 0.6 is 0 Å². The molecule has 4 saturated carbocycles. The van der Waals surface area contributed by atoms with Crippen LogP contribution < -0.4 is 15.0 Å². The summed E-state index contributed by atoms with van der Waals surface area (Å²) in [6.45, 7) is 2.06. The second-order valence-electron chi connectivity index (χ2n) is 8.76. The minimum atomic E-state index is -0.150. The average molecular weight is 354 g/mol. The van der Waals surface area contributed by atoms with Crippen LogP contribution in [-0.4, -0.2) is 31.0 Å². The second kappa shape index (κ2) is 6.00. The van der Waals surface area contributed by atoms with Gasteiger partial charge in [0.2, 0.25) is 5.91 Å². The normalized spacial score (nSPS) is 34.4. The van der Waals surface area contributed by atoms with Crippen LogP contribution in [0.3, 0.4) is 0 Å². The number of nitrogens with one attached hydrogen (secondary N) is 1. The Morgan fingerprint density at radius 2 is 1.85 bits per heavy atom. The van der Waals surface area contributed by atoms with E-state index in [4.69, 9.17) is 4.74 Å². The van der Waals surface area contributed by atoms with Crippen molar-refractivity contribution in [1.82, 2.24) is 5.32 Å². The molecule has 2 amide bonds. The molecule has 138 valence electrons. The van der Waals surface area contributed by atoms with Gasteiger partial charge in [-0.25, -0.2) is 0 Å². The van der Waals surface area contributed by atoms with Gasteiger partial charge in [-0.05, 0) is 80.4 Å². The van der Waals surface area contributed by atoms with E-state index in [0.29, 0.717) is 29.3 Å². The Hall–Kier alpha value is -2.04. The topological polar surface area (TPSA) is 58.6 Å². The molecule has 1 N–H and O–H groups in total. The molecule has 6 rings (SSSR count). The van der Waals surface area contributed by atoms with Crippen LogP contribution in [0.4, 0.5) is 5.69 Å². The Kier molecular flexibility index (Phi) is 3.73. The van der Waals surface area contributed by atoms with E-state index in [1.165, 1.54) is 32.1 Å². The van der Waals surface area contributed by atoms with E-state index in [0.717, 1.165) is 17.4 Å². The molecule has 4 fully saturated rings. The highest BCUT2D eigenvalue weighted by Crippen LogP contribution is 2.53. The van der Waals surface area contributed by atoms with Crippen LogP contribution in [0.1, 0.15) is 37.7 Å². The zero-order valence-electron chi connectivity index (χ0n) is 15.2. The van der Waals surface area contributed by atoms with Crippen molar-refractivity contribution in [2.45, 2.75) is 45.1 Å². The van der Waals surface area contributed by atoms with Gasteiger partial charge in [-0.2, -0.15) is 0 Å². The summed E-state index contributed by atoms with van der Waals surface area (Å²) in [7, 11) is 0. The number of carbonyl (C=O) groups excluding carboxylic acids is 2. The fraction of sp³-hybridized carbons (Fsp3) is 0.619. The maximum absolute atomic E-state index is 12.8. The monoisotopic (exact) mass is 354 g/mol. The molecule has 1 aliphatic heterocycles. The summed E-state index contributed by atoms with van der Waals surface area (Å²) in [4.78, 5) is 26.7. The van der Waals surface area contributed by atoms with E-state index in [1.54, 1.807) is 4.90 Å². The lowest BCUT2D eigenvalue weighted by Gasteiger charge is -2.54. The van der Waals surface area contributed by atoms with Crippen molar-refractivity contribution in [3.05, 3.63) is 23.8 Å². The summed E-state index contributed by atoms with van der Waals surface area (Å²) in [5.41, 5.74) is 1.76. The fourth-order valence-corrected chi connectivity index (χ4v) is 6.02. The van der Waals surface area contributed by atoms with Gasteiger partial charge in [-0.3, -0.25) is 14.5 Å². The largest absolute Gasteiger partial charge is 0.482 e. The second-order valence-corrected chi connectivity index (χ2v) is 8.76. The highest BCUT2D eigenvalue weighted by Gasteiger charge is 2.48. The molecule has 0 saturated heterocycles. The molecule has 1 aromatic carbocycles. The average Bonchev–Trinajstić information content (AvgIpc) is 2.60. The molecule has 4 aliphatic carbocycles. The van der Waals surface area contributed by atoms with Crippen molar-refractivity contribution in [1.29, 1.82) is 0 Å². The molecule has 26 heavy (non-hydrogen) atoms. The molecule has 1 aromatic rings. The smallest absolute Gasteiger partial charge is 0.265 e. The third-order valence-corrected chi connectivity index (χ3v) is 6.91.